The first-order valence-electron chi connectivity index (χ1n) is 4.80. The van der Waals surface area contributed by atoms with Gasteiger partial charge in [-0.05, 0) is 30.9 Å². The number of aryl methyl sites for hydroxylation is 1. The minimum Gasteiger partial charge on any atom is -0.324 e. The number of hydrogen-bond donors (Lipinski definition) is 1. The fourth-order valence-corrected chi connectivity index (χ4v) is 1.84. The SMILES string of the molecule is Cl.NC1CCCc2ncc(C(F)(F)F)cc21. The molecule has 1 aromatic rings. The van der Waals surface area contributed by atoms with E-state index in [1.807, 2.05) is 0 Å². The van der Waals surface area contributed by atoms with Gasteiger partial charge in [0.25, 0.3) is 0 Å². The molecule has 0 amide bonds. The lowest BCUT2D eigenvalue weighted by Gasteiger charge is -2.22. The molecule has 1 atom stereocenters. The molecule has 1 aliphatic rings. The molecule has 0 fully saturated rings. The maximum Gasteiger partial charge on any atom is 0.417 e. The van der Waals surface area contributed by atoms with Crippen molar-refractivity contribution in [1.82, 2.24) is 4.98 Å². The molecule has 1 heterocycles. The summed E-state index contributed by atoms with van der Waals surface area (Å²) in [5, 5.41) is 0. The van der Waals surface area contributed by atoms with Gasteiger partial charge in [0.05, 0.1) is 5.56 Å². The lowest BCUT2D eigenvalue weighted by Crippen LogP contribution is -2.20. The summed E-state index contributed by atoms with van der Waals surface area (Å²) in [6, 6.07) is 0.829. The Hall–Kier alpha value is -0.810. The standard InChI is InChI=1S/C10H11F3N2.ClH/c11-10(12,13)6-4-7-8(14)2-1-3-9(7)15-5-6;/h4-5,8H,1-3,14H2;1H. The summed E-state index contributed by atoms with van der Waals surface area (Å²) < 4.78 is 37.2. The number of rotatable bonds is 0. The molecule has 6 heteroatoms. The first-order valence-corrected chi connectivity index (χ1v) is 4.80. The summed E-state index contributed by atoms with van der Waals surface area (Å²) in [7, 11) is 0. The third kappa shape index (κ3) is 2.47. The van der Waals surface area contributed by atoms with Crippen molar-refractivity contribution >= 4 is 12.4 Å². The molecule has 16 heavy (non-hydrogen) atoms. The van der Waals surface area contributed by atoms with Crippen LogP contribution in [0.15, 0.2) is 12.3 Å². The number of aromatic nitrogens is 1. The van der Waals surface area contributed by atoms with E-state index in [2.05, 4.69) is 4.98 Å². The lowest BCUT2D eigenvalue weighted by atomic mass is 9.91. The van der Waals surface area contributed by atoms with Crippen LogP contribution in [-0.2, 0) is 12.6 Å². The van der Waals surface area contributed by atoms with Gasteiger partial charge in [-0.2, -0.15) is 13.2 Å². The molecule has 0 bridgehead atoms. The quantitative estimate of drug-likeness (QED) is 0.771. The molecule has 2 N–H and O–H groups in total. The van der Waals surface area contributed by atoms with Crippen LogP contribution in [0.1, 0.15) is 35.7 Å². The second-order valence-electron chi connectivity index (χ2n) is 3.76. The van der Waals surface area contributed by atoms with Crippen LogP contribution in [0.4, 0.5) is 13.2 Å². The average Bonchev–Trinajstić information content (AvgIpc) is 2.16. The van der Waals surface area contributed by atoms with Crippen molar-refractivity contribution in [2.75, 3.05) is 0 Å². The van der Waals surface area contributed by atoms with Crippen molar-refractivity contribution in [3.05, 3.63) is 29.1 Å². The topological polar surface area (TPSA) is 38.9 Å². The van der Waals surface area contributed by atoms with Gasteiger partial charge in [0, 0.05) is 17.9 Å². The fourth-order valence-electron chi connectivity index (χ4n) is 1.84. The molecule has 1 aliphatic carbocycles. The summed E-state index contributed by atoms with van der Waals surface area (Å²) in [6.45, 7) is 0. The Bertz CT molecular complexity index is 379. The molecular formula is C10H12ClF3N2. The van der Waals surface area contributed by atoms with Crippen molar-refractivity contribution in [3.8, 4) is 0 Å². The smallest absolute Gasteiger partial charge is 0.324 e. The van der Waals surface area contributed by atoms with Crippen LogP contribution >= 0.6 is 12.4 Å². The number of hydrogen-bond acceptors (Lipinski definition) is 2. The van der Waals surface area contributed by atoms with E-state index in [-0.39, 0.29) is 18.4 Å². The Morgan fingerprint density at radius 1 is 1.38 bits per heavy atom. The van der Waals surface area contributed by atoms with Crippen molar-refractivity contribution in [2.24, 2.45) is 5.73 Å². The zero-order valence-corrected chi connectivity index (χ0v) is 9.24. The first kappa shape index (κ1) is 13.3. The van der Waals surface area contributed by atoms with E-state index >= 15 is 0 Å². The Labute approximate surface area is 97.5 Å². The lowest BCUT2D eigenvalue weighted by molar-refractivity contribution is -0.137. The van der Waals surface area contributed by atoms with Gasteiger partial charge in [0.1, 0.15) is 0 Å². The van der Waals surface area contributed by atoms with E-state index in [9.17, 15) is 13.2 Å². The maximum absolute atomic E-state index is 12.4. The van der Waals surface area contributed by atoms with Crippen LogP contribution in [0.25, 0.3) is 0 Å². The summed E-state index contributed by atoms with van der Waals surface area (Å²) >= 11 is 0. The molecule has 0 spiro atoms. The van der Waals surface area contributed by atoms with Gasteiger partial charge < -0.3 is 5.73 Å². The summed E-state index contributed by atoms with van der Waals surface area (Å²) in [5.41, 5.74) is 6.30. The van der Waals surface area contributed by atoms with E-state index in [1.165, 1.54) is 0 Å². The van der Waals surface area contributed by atoms with Gasteiger partial charge in [-0.25, -0.2) is 0 Å². The van der Waals surface area contributed by atoms with Crippen molar-refractivity contribution < 1.29 is 13.2 Å². The van der Waals surface area contributed by atoms with E-state index in [4.69, 9.17) is 5.73 Å². The van der Waals surface area contributed by atoms with E-state index in [0.717, 1.165) is 31.5 Å². The molecule has 2 rings (SSSR count). The third-order valence-electron chi connectivity index (χ3n) is 2.66. The first-order chi connectivity index (χ1) is 6.98. The van der Waals surface area contributed by atoms with Crippen LogP contribution in [0.2, 0.25) is 0 Å². The normalized spacial score (nSPS) is 19.9. The van der Waals surface area contributed by atoms with Gasteiger partial charge in [0.15, 0.2) is 0 Å². The fraction of sp³-hybridized carbons (Fsp3) is 0.500. The number of nitrogens with two attached hydrogens (primary N) is 1. The second-order valence-corrected chi connectivity index (χ2v) is 3.76. The third-order valence-corrected chi connectivity index (χ3v) is 2.66. The Kier molecular flexibility index (Phi) is 3.80. The number of pyridine rings is 1. The highest BCUT2D eigenvalue weighted by atomic mass is 35.5. The second kappa shape index (κ2) is 4.59. The number of alkyl halides is 3. The Morgan fingerprint density at radius 3 is 2.69 bits per heavy atom. The largest absolute Gasteiger partial charge is 0.417 e. The zero-order valence-electron chi connectivity index (χ0n) is 8.42. The summed E-state index contributed by atoms with van der Waals surface area (Å²) in [5.74, 6) is 0. The molecule has 0 aliphatic heterocycles. The number of fused-ring (bicyclic) bond motifs is 1. The predicted octanol–water partition coefficient (Wildman–Crippen LogP) is 2.86. The van der Waals surface area contributed by atoms with E-state index in [0.29, 0.717) is 11.3 Å². The van der Waals surface area contributed by atoms with Crippen molar-refractivity contribution in [1.29, 1.82) is 0 Å². The van der Waals surface area contributed by atoms with Crippen LogP contribution < -0.4 is 5.73 Å². The molecule has 90 valence electrons. The van der Waals surface area contributed by atoms with Gasteiger partial charge in [0.2, 0.25) is 0 Å². The van der Waals surface area contributed by atoms with Gasteiger partial charge in [-0.15, -0.1) is 12.4 Å². The molecular weight excluding hydrogens is 241 g/mol. The maximum atomic E-state index is 12.4. The zero-order chi connectivity index (χ0) is 11.1. The van der Waals surface area contributed by atoms with Crippen molar-refractivity contribution in [3.63, 3.8) is 0 Å². The van der Waals surface area contributed by atoms with Crippen LogP contribution in [0.5, 0.6) is 0 Å². The monoisotopic (exact) mass is 252 g/mol. The Morgan fingerprint density at radius 2 is 2.06 bits per heavy atom. The predicted molar refractivity (Wildman–Crippen MR) is 56.4 cm³/mol. The molecule has 1 unspecified atom stereocenters. The molecule has 0 saturated carbocycles. The van der Waals surface area contributed by atoms with Crippen LogP contribution in [-0.4, -0.2) is 4.98 Å². The number of nitrogens with zero attached hydrogens (tertiary/aromatic N) is 1. The minimum atomic E-state index is -4.33. The summed E-state index contributed by atoms with van der Waals surface area (Å²) in [6.07, 6.45) is -1.10. The highest BCUT2D eigenvalue weighted by Gasteiger charge is 2.32. The average molecular weight is 253 g/mol. The molecule has 2 nitrogen and oxygen atoms in total. The van der Waals surface area contributed by atoms with Gasteiger partial charge in [-0.1, -0.05) is 0 Å². The van der Waals surface area contributed by atoms with Crippen LogP contribution in [0, 0.1) is 0 Å². The van der Waals surface area contributed by atoms with E-state index in [1.54, 1.807) is 0 Å². The Balaban J connectivity index is 0.00000128. The molecule has 0 saturated heterocycles. The molecule has 1 aromatic heterocycles. The molecule has 0 aromatic carbocycles. The minimum absolute atomic E-state index is 0. The molecule has 0 radical (unpaired) electrons. The van der Waals surface area contributed by atoms with E-state index < -0.39 is 11.7 Å². The van der Waals surface area contributed by atoms with Gasteiger partial charge in [-0.3, -0.25) is 4.98 Å². The highest BCUT2D eigenvalue weighted by Crippen LogP contribution is 2.33. The highest BCUT2D eigenvalue weighted by molar-refractivity contribution is 5.85. The summed E-state index contributed by atoms with van der Waals surface area (Å²) in [4.78, 5) is 3.84. The van der Waals surface area contributed by atoms with Gasteiger partial charge >= 0.3 is 6.18 Å². The number of halogens is 4. The van der Waals surface area contributed by atoms with Crippen LogP contribution in [0.3, 0.4) is 0 Å². The van der Waals surface area contributed by atoms with Crippen molar-refractivity contribution in [2.45, 2.75) is 31.5 Å².